The normalized spacial score (nSPS) is 18.8. The maximum atomic E-state index is 13.3. The Hall–Kier alpha value is -2.84. The fourth-order valence-electron chi connectivity index (χ4n) is 3.68. The van der Waals surface area contributed by atoms with Crippen molar-refractivity contribution in [1.29, 1.82) is 0 Å². The molecule has 9 heteroatoms. The average molecular weight is 392 g/mol. The number of aromatic nitrogens is 2. The van der Waals surface area contributed by atoms with E-state index >= 15 is 0 Å². The van der Waals surface area contributed by atoms with E-state index in [9.17, 15) is 22.8 Å². The minimum Gasteiger partial charge on any atom is -0.336 e. The molecule has 148 valence electrons. The molecule has 0 spiro atoms. The van der Waals surface area contributed by atoms with Crippen molar-refractivity contribution >= 4 is 17.5 Å². The van der Waals surface area contributed by atoms with E-state index in [1.165, 1.54) is 29.3 Å². The van der Waals surface area contributed by atoms with Crippen molar-refractivity contribution in [2.24, 2.45) is 5.92 Å². The molecule has 0 atom stereocenters. The molecule has 28 heavy (non-hydrogen) atoms. The van der Waals surface area contributed by atoms with E-state index in [-0.39, 0.29) is 18.0 Å². The van der Waals surface area contributed by atoms with Crippen LogP contribution in [0.3, 0.4) is 0 Å². The van der Waals surface area contributed by atoms with Crippen LogP contribution in [0.4, 0.5) is 18.9 Å². The maximum absolute atomic E-state index is 13.3. The predicted molar refractivity (Wildman–Crippen MR) is 94.3 cm³/mol. The number of carbonyl (C=O) groups is 2. The minimum atomic E-state index is -2.76. The Morgan fingerprint density at radius 2 is 2.00 bits per heavy atom. The molecule has 1 aliphatic heterocycles. The molecular weight excluding hydrogens is 373 g/mol. The Kier molecular flexibility index (Phi) is 4.60. The predicted octanol–water partition coefficient (Wildman–Crippen LogP) is 3.05. The van der Waals surface area contributed by atoms with E-state index in [0.29, 0.717) is 30.9 Å². The van der Waals surface area contributed by atoms with Gasteiger partial charge in [0.2, 0.25) is 11.8 Å². The summed E-state index contributed by atoms with van der Waals surface area (Å²) in [7, 11) is 0. The van der Waals surface area contributed by atoms with Crippen LogP contribution in [-0.2, 0) is 17.9 Å². The van der Waals surface area contributed by atoms with Gasteiger partial charge in [-0.05, 0) is 24.6 Å². The highest BCUT2D eigenvalue weighted by molar-refractivity contribution is 6.05. The highest BCUT2D eigenvalue weighted by atomic mass is 19.3. The average Bonchev–Trinajstić information content (AvgIpc) is 2.89. The Morgan fingerprint density at radius 1 is 1.21 bits per heavy atom. The molecule has 2 heterocycles. The van der Waals surface area contributed by atoms with E-state index in [4.69, 9.17) is 0 Å². The number of carbonyl (C=O) groups excluding carboxylic acids is 2. The van der Waals surface area contributed by atoms with Gasteiger partial charge in [-0.25, -0.2) is 13.2 Å². The lowest BCUT2D eigenvalue weighted by molar-refractivity contribution is -0.160. The van der Waals surface area contributed by atoms with Crippen molar-refractivity contribution in [3.63, 3.8) is 0 Å². The zero-order valence-electron chi connectivity index (χ0n) is 15.0. The molecule has 1 fully saturated rings. The fraction of sp³-hybridized carbons (Fsp3) is 0.421. The lowest BCUT2D eigenvalue weighted by Gasteiger charge is -2.36. The molecule has 1 aromatic heterocycles. The third-order valence-electron chi connectivity index (χ3n) is 5.17. The molecule has 6 nitrogen and oxygen atoms in total. The second-order valence-electron chi connectivity index (χ2n) is 7.27. The molecular formula is C19H19F3N4O2. The summed E-state index contributed by atoms with van der Waals surface area (Å²) in [4.78, 5) is 26.8. The van der Waals surface area contributed by atoms with Gasteiger partial charge in [0.1, 0.15) is 5.82 Å². The molecule has 1 N–H and O–H groups in total. The van der Waals surface area contributed by atoms with Crippen LogP contribution in [-0.4, -0.2) is 39.0 Å². The van der Waals surface area contributed by atoms with Crippen LogP contribution in [0.2, 0.25) is 0 Å². The molecule has 2 amide bonds. The summed E-state index contributed by atoms with van der Waals surface area (Å²) in [5.74, 6) is -4.67. The van der Waals surface area contributed by atoms with Crippen molar-refractivity contribution < 1.29 is 22.8 Å². The standard InChI is InChI=1S/C19H19F3N4O2/c20-13-3-1-4-14(7-13)24-17(27)15-10-23-26-6-2-5-25(11-16(15)26)18(28)12-8-19(21,22)9-12/h1,3-4,7,10,12H,2,5-6,8-9,11H2,(H,24,27). The van der Waals surface area contributed by atoms with Gasteiger partial charge in [0.25, 0.3) is 5.91 Å². The number of amides is 2. The second-order valence-corrected chi connectivity index (χ2v) is 7.27. The van der Waals surface area contributed by atoms with E-state index in [2.05, 4.69) is 10.4 Å². The van der Waals surface area contributed by atoms with Crippen LogP contribution in [0.15, 0.2) is 30.5 Å². The fourth-order valence-corrected chi connectivity index (χ4v) is 3.68. The number of hydrogen-bond acceptors (Lipinski definition) is 3. The molecule has 0 bridgehead atoms. The Labute approximate surface area is 159 Å². The lowest BCUT2D eigenvalue weighted by atomic mass is 9.80. The third-order valence-corrected chi connectivity index (χ3v) is 5.17. The van der Waals surface area contributed by atoms with E-state index in [1.54, 1.807) is 10.7 Å². The van der Waals surface area contributed by atoms with E-state index in [1.807, 2.05) is 0 Å². The van der Waals surface area contributed by atoms with Crippen molar-refractivity contribution in [3.05, 3.63) is 47.5 Å². The van der Waals surface area contributed by atoms with E-state index in [0.717, 1.165) is 0 Å². The number of aryl methyl sites for hydroxylation is 1. The van der Waals surface area contributed by atoms with Gasteiger partial charge in [-0.3, -0.25) is 14.3 Å². The summed E-state index contributed by atoms with van der Waals surface area (Å²) in [5.41, 5.74) is 1.14. The van der Waals surface area contributed by atoms with Gasteiger partial charge in [0.15, 0.2) is 0 Å². The van der Waals surface area contributed by atoms with Gasteiger partial charge in [-0.1, -0.05) is 6.07 Å². The van der Waals surface area contributed by atoms with Crippen LogP contribution in [0.5, 0.6) is 0 Å². The van der Waals surface area contributed by atoms with Gasteiger partial charge in [-0.2, -0.15) is 5.10 Å². The molecule has 1 aliphatic carbocycles. The van der Waals surface area contributed by atoms with Gasteiger partial charge in [-0.15, -0.1) is 0 Å². The van der Waals surface area contributed by atoms with E-state index < -0.39 is 36.4 Å². The molecule has 2 aliphatic rings. The smallest absolute Gasteiger partial charge is 0.259 e. The molecule has 1 saturated carbocycles. The molecule has 0 radical (unpaired) electrons. The number of alkyl halides is 2. The van der Waals surface area contributed by atoms with Crippen LogP contribution < -0.4 is 5.32 Å². The third kappa shape index (κ3) is 3.61. The first-order chi connectivity index (χ1) is 13.3. The monoisotopic (exact) mass is 392 g/mol. The second kappa shape index (κ2) is 6.96. The first-order valence-electron chi connectivity index (χ1n) is 9.11. The largest absolute Gasteiger partial charge is 0.336 e. The van der Waals surface area contributed by atoms with Crippen molar-refractivity contribution in [1.82, 2.24) is 14.7 Å². The first kappa shape index (κ1) is 18.5. The highest BCUT2D eigenvalue weighted by Gasteiger charge is 2.50. The molecule has 1 aromatic carbocycles. The van der Waals surface area contributed by atoms with Gasteiger partial charge in [0, 0.05) is 37.5 Å². The Balaban J connectivity index is 1.51. The number of nitrogens with zero attached hydrogens (tertiary/aromatic N) is 3. The SMILES string of the molecule is O=C(Nc1cccc(F)c1)c1cnn2c1CN(C(=O)C1CC(F)(F)C1)CCC2. The van der Waals surface area contributed by atoms with Crippen molar-refractivity contribution in [3.8, 4) is 0 Å². The van der Waals surface area contributed by atoms with Crippen molar-refractivity contribution in [2.45, 2.75) is 38.3 Å². The molecule has 4 rings (SSSR count). The number of fused-ring (bicyclic) bond motifs is 1. The number of nitrogens with one attached hydrogen (secondary N) is 1. The molecule has 0 unspecified atom stereocenters. The summed E-state index contributed by atoms with van der Waals surface area (Å²) in [6.07, 6.45) is 1.19. The number of rotatable bonds is 3. The van der Waals surface area contributed by atoms with Gasteiger partial charge >= 0.3 is 0 Å². The van der Waals surface area contributed by atoms with Crippen LogP contribution in [0.25, 0.3) is 0 Å². The summed E-state index contributed by atoms with van der Waals surface area (Å²) in [6, 6.07) is 5.52. The number of hydrogen-bond donors (Lipinski definition) is 1. The quantitative estimate of drug-likeness (QED) is 0.873. The zero-order chi connectivity index (χ0) is 19.9. The van der Waals surface area contributed by atoms with Crippen LogP contribution >= 0.6 is 0 Å². The van der Waals surface area contributed by atoms with Crippen LogP contribution in [0.1, 0.15) is 35.3 Å². The number of benzene rings is 1. The van der Waals surface area contributed by atoms with Gasteiger partial charge < -0.3 is 10.2 Å². The first-order valence-corrected chi connectivity index (χ1v) is 9.11. The zero-order valence-corrected chi connectivity index (χ0v) is 15.0. The summed E-state index contributed by atoms with van der Waals surface area (Å²) >= 11 is 0. The summed E-state index contributed by atoms with van der Waals surface area (Å²) in [5, 5.41) is 6.84. The topological polar surface area (TPSA) is 67.2 Å². The van der Waals surface area contributed by atoms with Gasteiger partial charge in [0.05, 0.1) is 24.0 Å². The highest BCUT2D eigenvalue weighted by Crippen LogP contribution is 2.43. The summed E-state index contributed by atoms with van der Waals surface area (Å²) < 4.78 is 41.2. The molecule has 0 saturated heterocycles. The lowest BCUT2D eigenvalue weighted by Crippen LogP contribution is -2.46. The van der Waals surface area contributed by atoms with Crippen LogP contribution in [0, 0.1) is 11.7 Å². The Morgan fingerprint density at radius 3 is 2.71 bits per heavy atom. The van der Waals surface area contributed by atoms with Crippen molar-refractivity contribution in [2.75, 3.05) is 11.9 Å². The Bertz CT molecular complexity index is 920. The minimum absolute atomic E-state index is 0.132. The summed E-state index contributed by atoms with van der Waals surface area (Å²) in [6.45, 7) is 1.08. The number of anilines is 1. The molecule has 2 aromatic rings. The number of halogens is 3. The maximum Gasteiger partial charge on any atom is 0.259 e.